The Labute approximate surface area is 154 Å². The standard InChI is InChI=1S/C19H24N2O4S/c1-3-21(4-2)26(23,24)17-9-7-15(8-10-17)19(22)20-12-11-16(14-20)18-6-5-13-25-18/h5-10,13,16H,3-4,11-12,14H2,1-2H3. The van der Waals surface area contributed by atoms with Gasteiger partial charge in [-0.15, -0.1) is 0 Å². The molecule has 7 heteroatoms. The van der Waals surface area contributed by atoms with Gasteiger partial charge in [-0.3, -0.25) is 4.79 Å². The number of furan rings is 1. The van der Waals surface area contributed by atoms with E-state index < -0.39 is 10.0 Å². The van der Waals surface area contributed by atoms with Crippen molar-refractivity contribution in [2.24, 2.45) is 0 Å². The van der Waals surface area contributed by atoms with Crippen LogP contribution in [0.1, 0.15) is 42.3 Å². The summed E-state index contributed by atoms with van der Waals surface area (Å²) in [7, 11) is -3.51. The first-order valence-electron chi connectivity index (χ1n) is 8.90. The fourth-order valence-electron chi connectivity index (χ4n) is 3.37. The molecule has 2 aromatic rings. The average Bonchev–Trinajstić information content (AvgIpc) is 3.33. The molecule has 2 heterocycles. The van der Waals surface area contributed by atoms with Crippen LogP contribution in [-0.4, -0.2) is 49.7 Å². The predicted molar refractivity (Wildman–Crippen MR) is 98.5 cm³/mol. The highest BCUT2D eigenvalue weighted by atomic mass is 32.2. The molecule has 1 aliphatic rings. The van der Waals surface area contributed by atoms with Crippen molar-refractivity contribution in [3.05, 3.63) is 54.0 Å². The number of amides is 1. The number of likely N-dealkylation sites (tertiary alicyclic amines) is 1. The van der Waals surface area contributed by atoms with Gasteiger partial charge in [0, 0.05) is 37.7 Å². The third-order valence-electron chi connectivity index (χ3n) is 4.87. The first-order chi connectivity index (χ1) is 12.5. The Hall–Kier alpha value is -2.12. The Morgan fingerprint density at radius 3 is 2.46 bits per heavy atom. The minimum atomic E-state index is -3.51. The zero-order valence-corrected chi connectivity index (χ0v) is 15.9. The lowest BCUT2D eigenvalue weighted by molar-refractivity contribution is 0.0790. The topological polar surface area (TPSA) is 70.8 Å². The normalized spacial score (nSPS) is 17.8. The summed E-state index contributed by atoms with van der Waals surface area (Å²) < 4.78 is 31.9. The van der Waals surface area contributed by atoms with Crippen LogP contribution in [0.15, 0.2) is 52.0 Å². The summed E-state index contributed by atoms with van der Waals surface area (Å²) >= 11 is 0. The third kappa shape index (κ3) is 3.54. The summed E-state index contributed by atoms with van der Waals surface area (Å²) in [5.41, 5.74) is 0.503. The van der Waals surface area contributed by atoms with Gasteiger partial charge in [0.1, 0.15) is 5.76 Å². The summed E-state index contributed by atoms with van der Waals surface area (Å²) in [6, 6.07) is 10.0. The molecular formula is C19H24N2O4S. The second-order valence-corrected chi connectivity index (χ2v) is 8.30. The summed E-state index contributed by atoms with van der Waals surface area (Å²) in [5.74, 6) is 1.04. The molecule has 1 unspecified atom stereocenters. The molecule has 1 saturated heterocycles. The highest BCUT2D eigenvalue weighted by molar-refractivity contribution is 7.89. The lowest BCUT2D eigenvalue weighted by Gasteiger charge is -2.19. The molecule has 0 radical (unpaired) electrons. The van der Waals surface area contributed by atoms with Crippen LogP contribution in [-0.2, 0) is 10.0 Å². The molecule has 1 aliphatic heterocycles. The van der Waals surface area contributed by atoms with E-state index in [1.807, 2.05) is 26.0 Å². The number of carbonyl (C=O) groups excluding carboxylic acids is 1. The number of nitrogens with zero attached hydrogens (tertiary/aromatic N) is 2. The molecule has 26 heavy (non-hydrogen) atoms. The van der Waals surface area contributed by atoms with Crippen LogP contribution in [0.25, 0.3) is 0 Å². The van der Waals surface area contributed by atoms with Gasteiger partial charge in [0.25, 0.3) is 5.91 Å². The molecule has 3 rings (SSSR count). The molecule has 0 aliphatic carbocycles. The summed E-state index contributed by atoms with van der Waals surface area (Å²) in [6.45, 7) is 5.74. The van der Waals surface area contributed by atoms with E-state index in [2.05, 4.69) is 0 Å². The molecule has 140 valence electrons. The number of hydrogen-bond acceptors (Lipinski definition) is 4. The molecule has 0 spiro atoms. The van der Waals surface area contributed by atoms with Crippen LogP contribution in [0, 0.1) is 0 Å². The van der Waals surface area contributed by atoms with E-state index in [-0.39, 0.29) is 16.7 Å². The smallest absolute Gasteiger partial charge is 0.253 e. The van der Waals surface area contributed by atoms with Crippen molar-refractivity contribution >= 4 is 15.9 Å². The van der Waals surface area contributed by atoms with Crippen molar-refractivity contribution in [3.63, 3.8) is 0 Å². The van der Waals surface area contributed by atoms with Crippen molar-refractivity contribution in [3.8, 4) is 0 Å². The first kappa shape index (κ1) is 18.7. The monoisotopic (exact) mass is 376 g/mol. The number of hydrogen-bond donors (Lipinski definition) is 0. The molecule has 1 aromatic heterocycles. The molecule has 0 saturated carbocycles. The number of sulfonamides is 1. The summed E-state index contributed by atoms with van der Waals surface area (Å²) in [5, 5.41) is 0. The maximum atomic E-state index is 12.7. The number of benzene rings is 1. The van der Waals surface area contributed by atoms with Crippen LogP contribution in [0.2, 0.25) is 0 Å². The van der Waals surface area contributed by atoms with Crippen molar-refractivity contribution in [2.45, 2.75) is 31.1 Å². The zero-order chi connectivity index (χ0) is 18.7. The summed E-state index contributed by atoms with van der Waals surface area (Å²) in [6.07, 6.45) is 2.52. The van der Waals surface area contributed by atoms with E-state index in [4.69, 9.17) is 4.42 Å². The van der Waals surface area contributed by atoms with Gasteiger partial charge in [-0.1, -0.05) is 13.8 Å². The maximum absolute atomic E-state index is 12.7. The van der Waals surface area contributed by atoms with Crippen LogP contribution in [0.5, 0.6) is 0 Å². The quantitative estimate of drug-likeness (QED) is 0.777. The average molecular weight is 376 g/mol. The molecule has 1 aromatic carbocycles. The minimum Gasteiger partial charge on any atom is -0.469 e. The Kier molecular flexibility index (Phi) is 5.48. The van der Waals surface area contributed by atoms with Crippen molar-refractivity contribution < 1.29 is 17.6 Å². The Morgan fingerprint density at radius 1 is 1.19 bits per heavy atom. The number of rotatable bonds is 6. The van der Waals surface area contributed by atoms with Crippen LogP contribution < -0.4 is 0 Å². The zero-order valence-electron chi connectivity index (χ0n) is 15.1. The lowest BCUT2D eigenvalue weighted by atomic mass is 10.1. The van der Waals surface area contributed by atoms with Crippen molar-refractivity contribution in [1.29, 1.82) is 0 Å². The van der Waals surface area contributed by atoms with Gasteiger partial charge in [-0.25, -0.2) is 8.42 Å². The van der Waals surface area contributed by atoms with E-state index in [1.165, 1.54) is 16.4 Å². The van der Waals surface area contributed by atoms with E-state index >= 15 is 0 Å². The molecule has 0 N–H and O–H groups in total. The second-order valence-electron chi connectivity index (χ2n) is 6.37. The van der Waals surface area contributed by atoms with Crippen LogP contribution in [0.3, 0.4) is 0 Å². The van der Waals surface area contributed by atoms with Gasteiger partial charge in [-0.2, -0.15) is 4.31 Å². The van der Waals surface area contributed by atoms with Gasteiger partial charge in [-0.05, 0) is 42.8 Å². The molecule has 1 amide bonds. The second kappa shape index (κ2) is 7.63. The van der Waals surface area contributed by atoms with Crippen LogP contribution in [0.4, 0.5) is 0 Å². The van der Waals surface area contributed by atoms with Gasteiger partial charge in [0.05, 0.1) is 11.2 Å². The Balaban J connectivity index is 1.72. The molecular weight excluding hydrogens is 352 g/mol. The maximum Gasteiger partial charge on any atom is 0.253 e. The van der Waals surface area contributed by atoms with E-state index in [0.29, 0.717) is 31.7 Å². The number of carbonyl (C=O) groups is 1. The van der Waals surface area contributed by atoms with Gasteiger partial charge in [0.2, 0.25) is 10.0 Å². The fourth-order valence-corrected chi connectivity index (χ4v) is 4.82. The fraction of sp³-hybridized carbons (Fsp3) is 0.421. The molecule has 1 fully saturated rings. The molecule has 6 nitrogen and oxygen atoms in total. The lowest BCUT2D eigenvalue weighted by Crippen LogP contribution is -2.31. The van der Waals surface area contributed by atoms with Crippen molar-refractivity contribution in [1.82, 2.24) is 9.21 Å². The Bertz CT molecular complexity index is 840. The largest absolute Gasteiger partial charge is 0.469 e. The van der Waals surface area contributed by atoms with Gasteiger partial charge >= 0.3 is 0 Å². The highest BCUT2D eigenvalue weighted by Gasteiger charge is 2.30. The Morgan fingerprint density at radius 2 is 1.88 bits per heavy atom. The predicted octanol–water partition coefficient (Wildman–Crippen LogP) is 2.94. The van der Waals surface area contributed by atoms with Gasteiger partial charge in [0.15, 0.2) is 0 Å². The van der Waals surface area contributed by atoms with Gasteiger partial charge < -0.3 is 9.32 Å². The van der Waals surface area contributed by atoms with Crippen molar-refractivity contribution in [2.75, 3.05) is 26.2 Å². The SMILES string of the molecule is CCN(CC)S(=O)(=O)c1ccc(C(=O)N2CCC(c3ccco3)C2)cc1. The first-order valence-corrected chi connectivity index (χ1v) is 10.3. The molecule has 0 bridgehead atoms. The third-order valence-corrected chi connectivity index (χ3v) is 6.93. The highest BCUT2D eigenvalue weighted by Crippen LogP contribution is 2.28. The minimum absolute atomic E-state index is 0.0779. The van der Waals surface area contributed by atoms with E-state index in [9.17, 15) is 13.2 Å². The van der Waals surface area contributed by atoms with E-state index in [1.54, 1.807) is 23.3 Å². The van der Waals surface area contributed by atoms with E-state index in [0.717, 1.165) is 12.2 Å². The molecule has 1 atom stereocenters. The van der Waals surface area contributed by atoms with Crippen LogP contribution >= 0.6 is 0 Å². The summed E-state index contributed by atoms with van der Waals surface area (Å²) in [4.78, 5) is 14.7.